The number of pyridine rings is 1. The number of hydrogen-bond donors (Lipinski definition) is 3. The highest BCUT2D eigenvalue weighted by atomic mass is 32.2. The molecule has 0 unspecified atom stereocenters. The lowest BCUT2D eigenvalue weighted by atomic mass is 9.47. The summed E-state index contributed by atoms with van der Waals surface area (Å²) in [7, 11) is 0. The summed E-state index contributed by atoms with van der Waals surface area (Å²) in [5, 5.41) is 7.78. The third-order valence-corrected chi connectivity index (χ3v) is 10.4. The number of aromatic nitrogens is 2. The van der Waals surface area contributed by atoms with E-state index in [4.69, 9.17) is 0 Å². The molecule has 4 aliphatic rings. The first-order valence-electron chi connectivity index (χ1n) is 14.2. The Hall–Kier alpha value is -2.58. The van der Waals surface area contributed by atoms with Gasteiger partial charge in [0.2, 0.25) is 0 Å². The van der Waals surface area contributed by atoms with Crippen LogP contribution in [0.5, 0.6) is 0 Å². The van der Waals surface area contributed by atoms with Gasteiger partial charge in [-0.05, 0) is 90.0 Å². The fraction of sp³-hybridized carbons (Fsp3) is 0.548. The average Bonchev–Trinajstić information content (AvgIpc) is 3.17. The Balaban J connectivity index is 1.19. The molecule has 3 aromatic rings. The topological polar surface area (TPSA) is 78.9 Å². The van der Waals surface area contributed by atoms with Gasteiger partial charge in [-0.1, -0.05) is 18.2 Å². The Labute approximate surface area is 233 Å². The number of nitrogens with zero attached hydrogens (tertiary/aromatic N) is 1. The molecule has 2 bridgehead atoms. The number of rotatable bonds is 8. The molecule has 0 radical (unpaired) electrons. The van der Waals surface area contributed by atoms with E-state index >= 15 is 0 Å². The molecule has 4 aliphatic carbocycles. The first kappa shape index (κ1) is 26.6. The standard InChI is InChI=1S/C31H39FN4O2S/c1-18-13-26(39-4)24(28(37)34-18)14-33-29(38)27-20(3)36(25-8-6-5-7-23(25)27)19(2)21-9-11-22(12-10-21)35-31-15-30(32,16-31)17-31/h5-8,13,19,21-22,35H,9-12,14-17H2,1-4H3,(H,33,38)(H,34,37)/t19-,21?,22?,30?,31?/m1/s1. The highest BCUT2D eigenvalue weighted by molar-refractivity contribution is 7.98. The first-order valence-corrected chi connectivity index (χ1v) is 15.5. The number of para-hydroxylation sites is 1. The van der Waals surface area contributed by atoms with Crippen LogP contribution in [0, 0.1) is 19.8 Å². The molecule has 2 aromatic heterocycles. The van der Waals surface area contributed by atoms with Crippen molar-refractivity contribution in [1.29, 1.82) is 0 Å². The molecule has 3 N–H and O–H groups in total. The first-order chi connectivity index (χ1) is 18.6. The van der Waals surface area contributed by atoms with Gasteiger partial charge in [-0.15, -0.1) is 11.8 Å². The summed E-state index contributed by atoms with van der Waals surface area (Å²) in [6.07, 6.45) is 8.52. The van der Waals surface area contributed by atoms with Crippen LogP contribution in [0.25, 0.3) is 10.9 Å². The van der Waals surface area contributed by atoms with Crippen molar-refractivity contribution in [1.82, 2.24) is 20.2 Å². The highest BCUT2D eigenvalue weighted by Crippen LogP contribution is 2.63. The van der Waals surface area contributed by atoms with Gasteiger partial charge in [0.05, 0.1) is 5.56 Å². The van der Waals surface area contributed by atoms with Crippen molar-refractivity contribution in [3.63, 3.8) is 0 Å². The second-order valence-electron chi connectivity index (χ2n) is 12.3. The van der Waals surface area contributed by atoms with Crippen LogP contribution in [0.2, 0.25) is 0 Å². The molecule has 6 nitrogen and oxygen atoms in total. The lowest BCUT2D eigenvalue weighted by Gasteiger charge is -2.67. The summed E-state index contributed by atoms with van der Waals surface area (Å²) in [6.45, 7) is 6.37. The fourth-order valence-corrected chi connectivity index (χ4v) is 8.41. The number of aromatic amines is 1. The van der Waals surface area contributed by atoms with Gasteiger partial charge in [0.25, 0.3) is 11.5 Å². The van der Waals surface area contributed by atoms with Crippen molar-refractivity contribution in [2.45, 2.75) is 100 Å². The van der Waals surface area contributed by atoms with E-state index in [-0.39, 0.29) is 29.6 Å². The number of fused-ring (bicyclic) bond motifs is 1. The lowest BCUT2D eigenvalue weighted by Crippen LogP contribution is -2.77. The second kappa shape index (κ2) is 9.81. The van der Waals surface area contributed by atoms with Gasteiger partial charge in [-0.25, -0.2) is 4.39 Å². The van der Waals surface area contributed by atoms with Crippen LogP contribution in [0.1, 0.15) is 85.2 Å². The average molecular weight is 551 g/mol. The third kappa shape index (κ3) is 4.63. The van der Waals surface area contributed by atoms with Crippen LogP contribution in [0.3, 0.4) is 0 Å². The molecule has 1 atom stereocenters. The van der Waals surface area contributed by atoms with Gasteiger partial charge in [-0.3, -0.25) is 9.59 Å². The summed E-state index contributed by atoms with van der Waals surface area (Å²) >= 11 is 1.51. The lowest BCUT2D eigenvalue weighted by molar-refractivity contribution is -0.174. The molecule has 7 rings (SSSR count). The van der Waals surface area contributed by atoms with E-state index in [9.17, 15) is 14.0 Å². The maximum atomic E-state index is 14.0. The summed E-state index contributed by atoms with van der Waals surface area (Å²) in [5.74, 6) is 0.364. The van der Waals surface area contributed by atoms with E-state index in [0.717, 1.165) is 52.9 Å². The molecule has 39 heavy (non-hydrogen) atoms. The Kier molecular flexibility index (Phi) is 6.70. The van der Waals surface area contributed by atoms with Gasteiger partial charge in [0.15, 0.2) is 0 Å². The molecule has 0 saturated heterocycles. The normalized spacial score (nSPS) is 28.5. The highest BCUT2D eigenvalue weighted by Gasteiger charge is 2.69. The smallest absolute Gasteiger partial charge is 0.254 e. The molecular formula is C31H39FN4O2S. The van der Waals surface area contributed by atoms with Gasteiger partial charge in [-0.2, -0.15) is 0 Å². The fourth-order valence-electron chi connectivity index (χ4n) is 7.70. The van der Waals surface area contributed by atoms with Crippen LogP contribution in [-0.2, 0) is 6.54 Å². The Morgan fingerprint density at radius 3 is 2.54 bits per heavy atom. The van der Waals surface area contributed by atoms with Crippen LogP contribution < -0.4 is 16.2 Å². The zero-order chi connectivity index (χ0) is 27.5. The number of alkyl halides is 1. The summed E-state index contributed by atoms with van der Waals surface area (Å²) in [4.78, 5) is 29.9. The zero-order valence-electron chi connectivity index (χ0n) is 23.3. The van der Waals surface area contributed by atoms with Crippen LogP contribution in [0.4, 0.5) is 4.39 Å². The Morgan fingerprint density at radius 2 is 1.87 bits per heavy atom. The molecule has 4 saturated carbocycles. The van der Waals surface area contributed by atoms with Crippen molar-refractivity contribution in [3.8, 4) is 0 Å². The number of carbonyl (C=O) groups is 1. The van der Waals surface area contributed by atoms with Gasteiger partial charge >= 0.3 is 0 Å². The van der Waals surface area contributed by atoms with Crippen LogP contribution in [-0.4, -0.2) is 39.0 Å². The van der Waals surface area contributed by atoms with Gasteiger partial charge in [0, 0.05) is 56.9 Å². The molecule has 8 heteroatoms. The summed E-state index contributed by atoms with van der Waals surface area (Å²) in [6, 6.07) is 10.8. The van der Waals surface area contributed by atoms with Crippen molar-refractivity contribution < 1.29 is 9.18 Å². The number of aryl methyl sites for hydroxylation is 1. The van der Waals surface area contributed by atoms with Crippen molar-refractivity contribution >= 4 is 28.6 Å². The number of carbonyl (C=O) groups excluding carboxylic acids is 1. The van der Waals surface area contributed by atoms with E-state index in [1.165, 1.54) is 11.8 Å². The number of nitrogens with one attached hydrogen (secondary N) is 3. The molecule has 0 spiro atoms. The maximum Gasteiger partial charge on any atom is 0.254 e. The minimum absolute atomic E-state index is 0.0907. The predicted octanol–water partition coefficient (Wildman–Crippen LogP) is 5.95. The van der Waals surface area contributed by atoms with Crippen molar-refractivity contribution in [2.24, 2.45) is 5.92 Å². The predicted molar refractivity (Wildman–Crippen MR) is 155 cm³/mol. The third-order valence-electron chi connectivity index (χ3n) is 9.60. The van der Waals surface area contributed by atoms with E-state index in [2.05, 4.69) is 33.2 Å². The monoisotopic (exact) mass is 550 g/mol. The van der Waals surface area contributed by atoms with Crippen molar-refractivity contribution in [3.05, 3.63) is 63.2 Å². The summed E-state index contributed by atoms with van der Waals surface area (Å²) < 4.78 is 16.3. The molecule has 4 fully saturated rings. The molecule has 2 heterocycles. The van der Waals surface area contributed by atoms with Crippen LogP contribution in [0.15, 0.2) is 40.0 Å². The number of thioether (sulfide) groups is 1. The Morgan fingerprint density at radius 1 is 1.18 bits per heavy atom. The van der Waals surface area contributed by atoms with Gasteiger partial charge in [0.1, 0.15) is 5.67 Å². The minimum atomic E-state index is -0.858. The minimum Gasteiger partial charge on any atom is -0.348 e. The van der Waals surface area contributed by atoms with Crippen molar-refractivity contribution in [2.75, 3.05) is 6.26 Å². The number of amides is 1. The van der Waals surface area contributed by atoms with E-state index in [0.29, 0.717) is 42.3 Å². The second-order valence-corrected chi connectivity index (χ2v) is 13.2. The maximum absolute atomic E-state index is 14.0. The number of H-pyrrole nitrogens is 1. The van der Waals surface area contributed by atoms with E-state index < -0.39 is 5.67 Å². The molecule has 208 valence electrons. The number of halogens is 1. The zero-order valence-corrected chi connectivity index (χ0v) is 24.1. The van der Waals surface area contributed by atoms with E-state index in [1.54, 1.807) is 0 Å². The summed E-state index contributed by atoms with van der Waals surface area (Å²) in [5.41, 5.74) is 3.20. The molecule has 1 aromatic carbocycles. The van der Waals surface area contributed by atoms with E-state index in [1.807, 2.05) is 44.4 Å². The molecule has 1 amide bonds. The van der Waals surface area contributed by atoms with Crippen LogP contribution >= 0.6 is 11.8 Å². The molecular weight excluding hydrogens is 511 g/mol. The van der Waals surface area contributed by atoms with Gasteiger partial charge < -0.3 is 20.2 Å². The molecule has 0 aliphatic heterocycles. The SMILES string of the molecule is CSc1cc(C)[nH]c(=O)c1CNC(=O)c1c(C)n([C@H](C)C2CCC(NC34CC(F)(C3)C4)CC2)c2ccccc12. The quantitative estimate of drug-likeness (QED) is 0.303. The number of hydrogen-bond acceptors (Lipinski definition) is 4. The number of benzene rings is 1. The largest absolute Gasteiger partial charge is 0.348 e. The Bertz CT molecular complexity index is 1470.